The van der Waals surface area contributed by atoms with E-state index in [1.807, 2.05) is 0 Å². The zero-order chi connectivity index (χ0) is 38.5. The fraction of sp³-hybridized carbons (Fsp3) is 0.559. The highest BCUT2D eigenvalue weighted by Crippen LogP contribution is 2.38. The third kappa shape index (κ3) is 7.54. The van der Waals surface area contributed by atoms with E-state index in [1.165, 1.54) is 33.1 Å². The van der Waals surface area contributed by atoms with Crippen LogP contribution in [0.3, 0.4) is 0 Å². The van der Waals surface area contributed by atoms with Crippen molar-refractivity contribution in [3.8, 4) is 34.3 Å². The van der Waals surface area contributed by atoms with Crippen LogP contribution in [0.2, 0.25) is 0 Å². The first kappa shape index (κ1) is 39.0. The van der Waals surface area contributed by atoms with Gasteiger partial charge in [-0.25, -0.2) is 0 Å². The molecule has 0 radical (unpaired) electrons. The molecule has 6 rings (SSSR count). The predicted molar refractivity (Wildman–Crippen MR) is 175 cm³/mol. The second-order valence-electron chi connectivity index (χ2n) is 13.1. The fourth-order valence-electron chi connectivity index (χ4n) is 6.38. The van der Waals surface area contributed by atoms with Gasteiger partial charge in [-0.05, 0) is 38.1 Å². The zero-order valence-electron chi connectivity index (χ0n) is 28.5. The number of methoxy groups -OCH3 is 1. The van der Waals surface area contributed by atoms with Crippen molar-refractivity contribution >= 4 is 11.0 Å². The lowest BCUT2D eigenvalue weighted by atomic mass is 9.97. The zero-order valence-corrected chi connectivity index (χ0v) is 28.5. The number of phenols is 2. The number of rotatable bonds is 9. The lowest BCUT2D eigenvalue weighted by Crippen LogP contribution is -2.63. The van der Waals surface area contributed by atoms with E-state index in [-0.39, 0.29) is 22.3 Å². The fourth-order valence-corrected chi connectivity index (χ4v) is 6.38. The molecule has 19 heteroatoms. The van der Waals surface area contributed by atoms with E-state index in [0.717, 1.165) is 12.1 Å². The van der Waals surface area contributed by atoms with Crippen molar-refractivity contribution in [1.82, 2.24) is 0 Å². The normalized spacial score (nSPS) is 37.8. The summed E-state index contributed by atoms with van der Waals surface area (Å²) in [6.07, 6.45) is -23.6. The van der Waals surface area contributed by atoms with Gasteiger partial charge in [-0.15, -0.1) is 0 Å². The summed E-state index contributed by atoms with van der Waals surface area (Å²) in [6.45, 7) is 2.25. The highest BCUT2D eigenvalue weighted by Gasteiger charge is 2.51. The van der Waals surface area contributed by atoms with Crippen molar-refractivity contribution in [2.75, 3.05) is 13.7 Å². The average Bonchev–Trinajstić information content (AvgIpc) is 3.13. The molecular formula is C34H42O19. The summed E-state index contributed by atoms with van der Waals surface area (Å²) in [4.78, 5) is 13.8. The van der Waals surface area contributed by atoms with Crippen molar-refractivity contribution in [2.24, 2.45) is 0 Å². The summed E-state index contributed by atoms with van der Waals surface area (Å²) in [5.41, 5.74) is -0.885. The van der Waals surface area contributed by atoms with Crippen LogP contribution in [-0.4, -0.2) is 157 Å². The van der Waals surface area contributed by atoms with Crippen LogP contribution < -0.4 is 14.9 Å². The standard InChI is InChI=1S/C34H42O19/c1-11-20(37)23(40)26(43)33(48-11)52-29-12(2)49-32(28(45)25(29)42)47-10-18-21(38)24(41)27(44)34(51-18)53-31-22(39)19-16(36)8-14(35)9-17(19)50-30(31)13-4-6-15(46-3)7-5-13/h4-9,11-12,18,20-21,23-29,32-38,40-45H,10H2,1-3H3/t11?,12?,18?,20-,21+,23?,24-,25?,26-,27?,28-,29-,32+,33-,34-/m0/s1. The van der Waals surface area contributed by atoms with Crippen molar-refractivity contribution in [1.29, 1.82) is 0 Å². The van der Waals surface area contributed by atoms with Gasteiger partial charge >= 0.3 is 0 Å². The Hall–Kier alpha value is -3.67. The van der Waals surface area contributed by atoms with E-state index in [1.54, 1.807) is 12.1 Å². The highest BCUT2D eigenvalue weighted by atomic mass is 16.7. The van der Waals surface area contributed by atoms with Gasteiger partial charge in [0.05, 0.1) is 25.9 Å². The maximum absolute atomic E-state index is 13.8. The smallest absolute Gasteiger partial charge is 0.239 e. The number of hydrogen-bond acceptors (Lipinski definition) is 19. The molecule has 1 aromatic heterocycles. The first-order valence-corrected chi connectivity index (χ1v) is 16.6. The minimum Gasteiger partial charge on any atom is -0.508 e. The highest BCUT2D eigenvalue weighted by molar-refractivity contribution is 5.88. The van der Waals surface area contributed by atoms with Gasteiger partial charge in [-0.3, -0.25) is 4.79 Å². The topological polar surface area (TPSA) is 297 Å². The van der Waals surface area contributed by atoms with E-state index in [4.69, 9.17) is 37.6 Å². The molecule has 3 aromatic rings. The van der Waals surface area contributed by atoms with Crippen LogP contribution in [0.15, 0.2) is 45.6 Å². The molecule has 292 valence electrons. The van der Waals surface area contributed by atoms with E-state index < -0.39 is 121 Å². The van der Waals surface area contributed by atoms with Gasteiger partial charge in [-0.2, -0.15) is 0 Å². The third-order valence-electron chi connectivity index (χ3n) is 9.47. The molecule has 15 atom stereocenters. The van der Waals surface area contributed by atoms with Crippen LogP contribution in [0.25, 0.3) is 22.3 Å². The molecule has 0 aliphatic carbocycles. The van der Waals surface area contributed by atoms with Crippen LogP contribution in [-0.2, 0) is 23.7 Å². The Labute approximate surface area is 300 Å². The average molecular weight is 755 g/mol. The quantitative estimate of drug-likeness (QED) is 0.110. The number of phenolic OH excluding ortho intramolecular Hbond substituents is 2. The molecule has 10 N–H and O–H groups in total. The van der Waals surface area contributed by atoms with Crippen molar-refractivity contribution < 1.29 is 88.6 Å². The number of benzene rings is 2. The number of hydrogen-bond donors (Lipinski definition) is 10. The second kappa shape index (κ2) is 15.6. The third-order valence-corrected chi connectivity index (χ3v) is 9.47. The molecule has 0 spiro atoms. The molecule has 53 heavy (non-hydrogen) atoms. The van der Waals surface area contributed by atoms with E-state index in [2.05, 4.69) is 0 Å². The lowest BCUT2D eigenvalue weighted by molar-refractivity contribution is -0.357. The van der Waals surface area contributed by atoms with Crippen LogP contribution in [0.4, 0.5) is 0 Å². The Balaban J connectivity index is 1.19. The van der Waals surface area contributed by atoms with Gasteiger partial charge < -0.3 is 88.6 Å². The summed E-state index contributed by atoms with van der Waals surface area (Å²) < 4.78 is 45.1. The van der Waals surface area contributed by atoms with E-state index >= 15 is 0 Å². The summed E-state index contributed by atoms with van der Waals surface area (Å²) >= 11 is 0. The van der Waals surface area contributed by atoms with Gasteiger partial charge in [-0.1, -0.05) is 0 Å². The van der Waals surface area contributed by atoms with Crippen LogP contribution >= 0.6 is 0 Å². The maximum Gasteiger partial charge on any atom is 0.239 e. The molecule has 0 bridgehead atoms. The van der Waals surface area contributed by atoms with Gasteiger partial charge in [0.15, 0.2) is 18.3 Å². The summed E-state index contributed by atoms with van der Waals surface area (Å²) in [5, 5.41) is 105. The molecule has 6 unspecified atom stereocenters. The predicted octanol–water partition coefficient (Wildman–Crippen LogP) is -2.24. The molecule has 3 aliphatic heterocycles. The number of aliphatic hydroxyl groups is 8. The van der Waals surface area contributed by atoms with Crippen molar-refractivity contribution in [2.45, 2.75) is 106 Å². The second-order valence-corrected chi connectivity index (χ2v) is 13.1. The molecular weight excluding hydrogens is 712 g/mol. The van der Waals surface area contributed by atoms with E-state index in [0.29, 0.717) is 5.75 Å². The Kier molecular flexibility index (Phi) is 11.5. The van der Waals surface area contributed by atoms with Gasteiger partial charge in [0.2, 0.25) is 17.5 Å². The van der Waals surface area contributed by atoms with Gasteiger partial charge in [0.1, 0.15) is 89.3 Å². The van der Waals surface area contributed by atoms with Gasteiger partial charge in [0, 0.05) is 17.7 Å². The van der Waals surface area contributed by atoms with Crippen LogP contribution in [0.5, 0.6) is 23.0 Å². The maximum atomic E-state index is 13.8. The number of aliphatic hydroxyl groups excluding tert-OH is 8. The summed E-state index contributed by atoms with van der Waals surface area (Å²) in [7, 11) is 1.45. The molecule has 3 aliphatic rings. The minimum atomic E-state index is -1.95. The molecule has 2 aromatic carbocycles. The summed E-state index contributed by atoms with van der Waals surface area (Å²) in [5.74, 6) is -1.37. The largest absolute Gasteiger partial charge is 0.508 e. The first-order chi connectivity index (χ1) is 25.1. The van der Waals surface area contributed by atoms with Crippen LogP contribution in [0.1, 0.15) is 13.8 Å². The summed E-state index contributed by atoms with van der Waals surface area (Å²) in [6, 6.07) is 8.16. The molecule has 19 nitrogen and oxygen atoms in total. The van der Waals surface area contributed by atoms with Crippen molar-refractivity contribution in [3.63, 3.8) is 0 Å². The van der Waals surface area contributed by atoms with Gasteiger partial charge in [0.25, 0.3) is 0 Å². The molecule has 3 saturated heterocycles. The lowest BCUT2D eigenvalue weighted by Gasteiger charge is -2.46. The SMILES string of the molecule is COc1ccc(-c2oc3cc(O)cc(O)c3c(=O)c2O[C@@H]2OC(CO[C@@H]3OC(C)[C@H](O[C@@H]4OC(C)[C@H](O)C(O)[C@@H]4O)C(O)[C@@H]3O)[C@@H](O)[C@H](O)C2O)cc1. The Bertz CT molecular complexity index is 1780. The number of fused-ring (bicyclic) bond motifs is 1. The molecule has 0 saturated carbocycles. The first-order valence-electron chi connectivity index (χ1n) is 16.6. The number of ether oxygens (including phenoxy) is 7. The Morgan fingerprint density at radius 3 is 2.00 bits per heavy atom. The Morgan fingerprint density at radius 1 is 0.698 bits per heavy atom. The Morgan fingerprint density at radius 2 is 1.32 bits per heavy atom. The van der Waals surface area contributed by atoms with Crippen molar-refractivity contribution in [3.05, 3.63) is 46.6 Å². The molecule has 0 amide bonds. The minimum absolute atomic E-state index is 0.207. The van der Waals surface area contributed by atoms with Crippen LogP contribution in [0, 0.1) is 0 Å². The monoisotopic (exact) mass is 754 g/mol. The molecule has 3 fully saturated rings. The van der Waals surface area contributed by atoms with E-state index in [9.17, 15) is 55.9 Å². The number of aromatic hydroxyl groups is 2. The molecule has 4 heterocycles.